The van der Waals surface area contributed by atoms with Gasteiger partial charge in [0.2, 0.25) is 15.9 Å². The van der Waals surface area contributed by atoms with Crippen molar-refractivity contribution < 1.29 is 18.1 Å². The third-order valence-corrected chi connectivity index (χ3v) is 7.12. The fraction of sp³-hybridized carbons (Fsp3) is 0.381. The first-order valence-electron chi connectivity index (χ1n) is 9.94. The molecule has 0 aliphatic rings. The first-order chi connectivity index (χ1) is 14.6. The normalized spacial score (nSPS) is 12.7. The van der Waals surface area contributed by atoms with E-state index in [2.05, 4.69) is 5.32 Å². The van der Waals surface area contributed by atoms with E-state index in [9.17, 15) is 23.3 Å². The molecule has 1 amide bonds. The van der Waals surface area contributed by atoms with E-state index in [0.29, 0.717) is 18.8 Å². The fourth-order valence-electron chi connectivity index (χ4n) is 3.16. The molecule has 0 spiro atoms. The van der Waals surface area contributed by atoms with Crippen LogP contribution in [-0.4, -0.2) is 55.1 Å². The van der Waals surface area contributed by atoms with Gasteiger partial charge in [0.1, 0.15) is 0 Å². The highest BCUT2D eigenvalue weighted by molar-refractivity contribution is 7.89. The van der Waals surface area contributed by atoms with Crippen LogP contribution in [0.15, 0.2) is 53.4 Å². The van der Waals surface area contributed by atoms with Crippen LogP contribution in [0.25, 0.3) is 0 Å². The molecule has 0 heterocycles. The zero-order valence-electron chi connectivity index (χ0n) is 18.1. The number of nitro benzene ring substituents is 1. The second kappa shape index (κ2) is 10.5. The largest absolute Gasteiger partial charge is 0.325 e. The average molecular weight is 449 g/mol. The molecule has 0 aliphatic carbocycles. The number of carbonyl (C=O) groups excluding carboxylic acids is 1. The molecule has 0 radical (unpaired) electrons. The van der Waals surface area contributed by atoms with Crippen LogP contribution < -0.4 is 5.32 Å². The zero-order chi connectivity index (χ0) is 23.2. The van der Waals surface area contributed by atoms with Gasteiger partial charge in [-0.1, -0.05) is 32.0 Å². The number of non-ortho nitro benzene ring substituents is 1. The van der Waals surface area contributed by atoms with Gasteiger partial charge in [-0.05, 0) is 37.7 Å². The van der Waals surface area contributed by atoms with Crippen molar-refractivity contribution in [2.75, 3.05) is 32.0 Å². The number of rotatable bonds is 10. The Bertz CT molecular complexity index is 1040. The van der Waals surface area contributed by atoms with Crippen LogP contribution >= 0.6 is 0 Å². The molecule has 0 saturated carbocycles. The molecular weight excluding hydrogens is 420 g/mol. The van der Waals surface area contributed by atoms with Gasteiger partial charge in [-0.2, -0.15) is 4.31 Å². The van der Waals surface area contributed by atoms with Gasteiger partial charge in [0.25, 0.3) is 5.69 Å². The summed E-state index contributed by atoms with van der Waals surface area (Å²) in [6.07, 6.45) is 0. The van der Waals surface area contributed by atoms with Crippen LogP contribution in [0.2, 0.25) is 0 Å². The fourth-order valence-corrected chi connectivity index (χ4v) is 4.67. The van der Waals surface area contributed by atoms with Crippen LogP contribution in [0.4, 0.5) is 11.4 Å². The molecule has 31 heavy (non-hydrogen) atoms. The predicted octanol–water partition coefficient (Wildman–Crippen LogP) is 3.26. The van der Waals surface area contributed by atoms with Gasteiger partial charge in [0.15, 0.2) is 0 Å². The third-order valence-electron chi connectivity index (χ3n) is 5.08. The summed E-state index contributed by atoms with van der Waals surface area (Å²) in [5, 5.41) is 13.7. The van der Waals surface area contributed by atoms with Gasteiger partial charge < -0.3 is 5.32 Å². The van der Waals surface area contributed by atoms with Crippen LogP contribution in [-0.2, 0) is 14.8 Å². The summed E-state index contributed by atoms with van der Waals surface area (Å²) < 4.78 is 26.7. The Labute approximate surface area is 182 Å². The number of anilines is 1. The Morgan fingerprint density at radius 3 is 2.39 bits per heavy atom. The van der Waals surface area contributed by atoms with Gasteiger partial charge in [0.05, 0.1) is 16.4 Å². The molecule has 0 saturated heterocycles. The lowest BCUT2D eigenvalue weighted by molar-refractivity contribution is -0.384. The molecule has 0 fully saturated rings. The average Bonchev–Trinajstić information content (AvgIpc) is 2.74. The molecule has 2 aromatic rings. The highest BCUT2D eigenvalue weighted by Gasteiger charge is 2.22. The number of likely N-dealkylation sites (N-methyl/N-ethyl adjacent to an activating group) is 1. The second-order valence-corrected chi connectivity index (χ2v) is 9.05. The maximum atomic E-state index is 12.7. The monoisotopic (exact) mass is 448 g/mol. The number of hydrogen-bond donors (Lipinski definition) is 1. The minimum Gasteiger partial charge on any atom is -0.325 e. The minimum atomic E-state index is -3.63. The summed E-state index contributed by atoms with van der Waals surface area (Å²) in [5.41, 5.74) is 1.10. The first-order valence-corrected chi connectivity index (χ1v) is 11.4. The van der Waals surface area contributed by atoms with E-state index in [1.165, 1.54) is 28.6 Å². The molecule has 168 valence electrons. The highest BCUT2D eigenvalue weighted by Crippen LogP contribution is 2.23. The van der Waals surface area contributed by atoms with E-state index in [-0.39, 0.29) is 29.1 Å². The lowest BCUT2D eigenvalue weighted by Crippen LogP contribution is -2.32. The van der Waals surface area contributed by atoms with Crippen molar-refractivity contribution in [3.05, 3.63) is 64.2 Å². The van der Waals surface area contributed by atoms with Gasteiger partial charge >= 0.3 is 0 Å². The lowest BCUT2D eigenvalue weighted by atomic mass is 10.1. The Kier molecular flexibility index (Phi) is 8.26. The van der Waals surface area contributed by atoms with Crippen LogP contribution in [0.1, 0.15) is 32.4 Å². The molecule has 0 bridgehead atoms. The van der Waals surface area contributed by atoms with Gasteiger partial charge in [-0.3, -0.25) is 19.8 Å². The van der Waals surface area contributed by atoms with Gasteiger partial charge in [-0.25, -0.2) is 8.42 Å². The van der Waals surface area contributed by atoms with Crippen LogP contribution in [0, 0.1) is 10.1 Å². The predicted molar refractivity (Wildman–Crippen MR) is 119 cm³/mol. The Balaban J connectivity index is 2.09. The van der Waals surface area contributed by atoms with Crippen molar-refractivity contribution >= 4 is 27.3 Å². The number of hydrogen-bond acceptors (Lipinski definition) is 6. The Hall–Kier alpha value is -2.82. The van der Waals surface area contributed by atoms with Gasteiger partial charge in [0, 0.05) is 37.0 Å². The van der Waals surface area contributed by atoms with Crippen molar-refractivity contribution in [2.24, 2.45) is 0 Å². The van der Waals surface area contributed by atoms with E-state index < -0.39 is 14.9 Å². The summed E-state index contributed by atoms with van der Waals surface area (Å²) in [6, 6.07) is 12.2. The van der Waals surface area contributed by atoms with Crippen molar-refractivity contribution in [1.29, 1.82) is 0 Å². The lowest BCUT2D eigenvalue weighted by Gasteiger charge is -2.24. The number of nitrogens with zero attached hydrogens (tertiary/aromatic N) is 3. The Morgan fingerprint density at radius 2 is 1.77 bits per heavy atom. The van der Waals surface area contributed by atoms with Gasteiger partial charge in [-0.15, -0.1) is 0 Å². The zero-order valence-corrected chi connectivity index (χ0v) is 18.9. The first kappa shape index (κ1) is 24.4. The maximum Gasteiger partial charge on any atom is 0.269 e. The number of benzene rings is 2. The van der Waals surface area contributed by atoms with Crippen LogP contribution in [0.5, 0.6) is 0 Å². The van der Waals surface area contributed by atoms with Crippen molar-refractivity contribution in [2.45, 2.75) is 31.7 Å². The number of carbonyl (C=O) groups is 1. The molecule has 10 heteroatoms. The number of nitro groups is 1. The number of nitrogens with one attached hydrogen (secondary N) is 1. The Morgan fingerprint density at radius 1 is 1.13 bits per heavy atom. The molecule has 2 rings (SSSR count). The summed E-state index contributed by atoms with van der Waals surface area (Å²) in [5.74, 6) is -0.322. The number of amides is 1. The second-order valence-electron chi connectivity index (χ2n) is 7.11. The van der Waals surface area contributed by atoms with E-state index >= 15 is 0 Å². The summed E-state index contributed by atoms with van der Waals surface area (Å²) >= 11 is 0. The standard InChI is InChI=1S/C21H28N4O5S/c1-5-24(6-2)31(29,30)20-12-8-10-18(14-20)22-21(26)15-23(4)16(3)17-9-7-11-19(13-17)25(27)28/h7-14,16H,5-6,15H2,1-4H3,(H,22,26). The SMILES string of the molecule is CCN(CC)S(=O)(=O)c1cccc(NC(=O)CN(C)C(C)c2cccc([N+](=O)[O-])c2)c1. The van der Waals surface area contributed by atoms with E-state index in [0.717, 1.165) is 5.56 Å². The highest BCUT2D eigenvalue weighted by atomic mass is 32.2. The molecule has 0 aromatic heterocycles. The quantitative estimate of drug-likeness (QED) is 0.441. The summed E-state index contributed by atoms with van der Waals surface area (Å²) in [6.45, 7) is 6.13. The van der Waals surface area contributed by atoms with Crippen molar-refractivity contribution in [3.8, 4) is 0 Å². The summed E-state index contributed by atoms with van der Waals surface area (Å²) in [7, 11) is -1.89. The molecule has 0 aliphatic heterocycles. The molecule has 1 N–H and O–H groups in total. The van der Waals surface area contributed by atoms with Crippen molar-refractivity contribution in [3.63, 3.8) is 0 Å². The van der Waals surface area contributed by atoms with E-state index in [4.69, 9.17) is 0 Å². The van der Waals surface area contributed by atoms with Crippen LogP contribution in [0.3, 0.4) is 0 Å². The minimum absolute atomic E-state index is 0.00609. The topological polar surface area (TPSA) is 113 Å². The van der Waals surface area contributed by atoms with E-state index in [1.807, 2.05) is 6.92 Å². The number of sulfonamides is 1. The molecule has 1 atom stereocenters. The van der Waals surface area contributed by atoms with Crippen molar-refractivity contribution in [1.82, 2.24) is 9.21 Å². The third kappa shape index (κ3) is 6.09. The summed E-state index contributed by atoms with van der Waals surface area (Å²) in [4.78, 5) is 24.9. The molecular formula is C21H28N4O5S. The molecule has 2 aromatic carbocycles. The smallest absolute Gasteiger partial charge is 0.269 e. The molecule has 9 nitrogen and oxygen atoms in total. The van der Waals surface area contributed by atoms with E-state index in [1.54, 1.807) is 50.1 Å². The molecule has 1 unspecified atom stereocenters. The maximum absolute atomic E-state index is 12.7.